The SMILES string of the molecule is COCc1cccc2c(=O)cc(CC(C)C)[nH]c12. The molecule has 0 aliphatic heterocycles. The lowest BCUT2D eigenvalue weighted by atomic mass is 10.0. The molecule has 0 unspecified atom stereocenters. The molecule has 3 nitrogen and oxygen atoms in total. The molecule has 1 N–H and O–H groups in total. The molecule has 1 aromatic heterocycles. The quantitative estimate of drug-likeness (QED) is 0.900. The Morgan fingerprint density at radius 2 is 2.11 bits per heavy atom. The van der Waals surface area contributed by atoms with Gasteiger partial charge in [-0.05, 0) is 18.4 Å². The summed E-state index contributed by atoms with van der Waals surface area (Å²) in [5, 5.41) is 0.733. The fourth-order valence-corrected chi connectivity index (χ4v) is 2.21. The standard InChI is InChI=1S/C15H19NO2/c1-10(2)7-12-8-14(17)13-6-4-5-11(9-18-3)15(13)16-12/h4-6,8,10H,7,9H2,1-3H3,(H,16,17). The molecule has 2 rings (SSSR count). The van der Waals surface area contributed by atoms with Crippen molar-refractivity contribution in [2.24, 2.45) is 5.92 Å². The highest BCUT2D eigenvalue weighted by Crippen LogP contribution is 2.16. The van der Waals surface area contributed by atoms with Crippen molar-refractivity contribution in [1.82, 2.24) is 4.98 Å². The summed E-state index contributed by atoms with van der Waals surface area (Å²) in [4.78, 5) is 15.4. The zero-order valence-corrected chi connectivity index (χ0v) is 11.1. The number of pyridine rings is 1. The Hall–Kier alpha value is -1.61. The van der Waals surface area contributed by atoms with Crippen LogP contribution in [-0.2, 0) is 17.8 Å². The minimum atomic E-state index is 0.0809. The van der Waals surface area contributed by atoms with E-state index in [0.717, 1.165) is 28.6 Å². The van der Waals surface area contributed by atoms with Crippen LogP contribution in [0.4, 0.5) is 0 Å². The zero-order valence-electron chi connectivity index (χ0n) is 11.1. The van der Waals surface area contributed by atoms with E-state index in [2.05, 4.69) is 18.8 Å². The highest BCUT2D eigenvalue weighted by molar-refractivity contribution is 5.81. The largest absolute Gasteiger partial charge is 0.380 e. The van der Waals surface area contributed by atoms with Crippen molar-refractivity contribution in [2.75, 3.05) is 7.11 Å². The van der Waals surface area contributed by atoms with E-state index in [1.165, 1.54) is 0 Å². The molecular weight excluding hydrogens is 226 g/mol. The van der Waals surface area contributed by atoms with Crippen molar-refractivity contribution in [3.05, 3.63) is 45.7 Å². The number of benzene rings is 1. The van der Waals surface area contributed by atoms with Crippen molar-refractivity contribution < 1.29 is 4.74 Å². The third-order valence-electron chi connectivity index (χ3n) is 2.94. The fourth-order valence-electron chi connectivity index (χ4n) is 2.21. The van der Waals surface area contributed by atoms with Crippen LogP contribution in [0.25, 0.3) is 10.9 Å². The lowest BCUT2D eigenvalue weighted by molar-refractivity contribution is 0.186. The predicted molar refractivity (Wildman–Crippen MR) is 73.8 cm³/mol. The number of aromatic amines is 1. The molecule has 96 valence electrons. The van der Waals surface area contributed by atoms with Gasteiger partial charge < -0.3 is 9.72 Å². The van der Waals surface area contributed by atoms with Gasteiger partial charge in [0.15, 0.2) is 5.43 Å². The van der Waals surface area contributed by atoms with Crippen molar-refractivity contribution in [3.63, 3.8) is 0 Å². The second-order valence-corrected chi connectivity index (χ2v) is 5.03. The highest BCUT2D eigenvalue weighted by atomic mass is 16.5. The molecule has 0 aliphatic carbocycles. The third-order valence-corrected chi connectivity index (χ3v) is 2.94. The molecule has 0 spiro atoms. The van der Waals surface area contributed by atoms with Crippen LogP contribution in [-0.4, -0.2) is 12.1 Å². The number of fused-ring (bicyclic) bond motifs is 1. The van der Waals surface area contributed by atoms with E-state index in [1.54, 1.807) is 13.2 Å². The van der Waals surface area contributed by atoms with Crippen molar-refractivity contribution >= 4 is 10.9 Å². The molecule has 0 atom stereocenters. The first-order valence-corrected chi connectivity index (χ1v) is 6.24. The molecule has 2 aromatic rings. The summed E-state index contributed by atoms with van der Waals surface area (Å²) in [5.41, 5.74) is 3.00. The molecule has 0 fully saturated rings. The van der Waals surface area contributed by atoms with Crippen LogP contribution in [0, 0.1) is 5.92 Å². The Morgan fingerprint density at radius 3 is 2.78 bits per heavy atom. The van der Waals surface area contributed by atoms with E-state index in [1.807, 2.05) is 18.2 Å². The molecule has 0 bridgehead atoms. The Morgan fingerprint density at radius 1 is 1.33 bits per heavy atom. The number of H-pyrrole nitrogens is 1. The maximum Gasteiger partial charge on any atom is 0.189 e. The summed E-state index contributed by atoms with van der Waals surface area (Å²) in [7, 11) is 1.66. The summed E-state index contributed by atoms with van der Waals surface area (Å²) in [5.74, 6) is 0.521. The summed E-state index contributed by atoms with van der Waals surface area (Å²) < 4.78 is 5.17. The Labute approximate surface area is 107 Å². The van der Waals surface area contributed by atoms with Crippen molar-refractivity contribution in [2.45, 2.75) is 26.9 Å². The number of para-hydroxylation sites is 1. The first kappa shape index (κ1) is 12.8. The molecule has 18 heavy (non-hydrogen) atoms. The van der Waals surface area contributed by atoms with Crippen LogP contribution in [0.15, 0.2) is 29.1 Å². The number of ether oxygens (including phenoxy) is 1. The maximum absolute atomic E-state index is 12.1. The van der Waals surface area contributed by atoms with E-state index in [9.17, 15) is 4.79 Å². The van der Waals surface area contributed by atoms with Gasteiger partial charge in [0.05, 0.1) is 12.1 Å². The maximum atomic E-state index is 12.1. The van der Waals surface area contributed by atoms with E-state index >= 15 is 0 Å². The second-order valence-electron chi connectivity index (χ2n) is 5.03. The van der Waals surface area contributed by atoms with Gasteiger partial charge in [0.1, 0.15) is 0 Å². The number of hydrogen-bond donors (Lipinski definition) is 1. The molecule has 0 aliphatic rings. The Balaban J connectivity index is 2.60. The lowest BCUT2D eigenvalue weighted by Gasteiger charge is -2.10. The smallest absolute Gasteiger partial charge is 0.189 e. The molecule has 0 saturated heterocycles. The molecule has 3 heteroatoms. The lowest BCUT2D eigenvalue weighted by Crippen LogP contribution is -2.08. The Kier molecular flexibility index (Phi) is 3.82. The number of rotatable bonds is 4. The first-order chi connectivity index (χ1) is 8.61. The number of hydrogen-bond acceptors (Lipinski definition) is 2. The molecular formula is C15H19NO2. The summed E-state index contributed by atoms with van der Waals surface area (Å²) >= 11 is 0. The minimum Gasteiger partial charge on any atom is -0.380 e. The van der Waals surface area contributed by atoms with Gasteiger partial charge in [0.25, 0.3) is 0 Å². The van der Waals surface area contributed by atoms with E-state index in [-0.39, 0.29) is 5.43 Å². The van der Waals surface area contributed by atoms with Crippen LogP contribution >= 0.6 is 0 Å². The molecule has 0 saturated carbocycles. The van der Waals surface area contributed by atoms with Crippen LogP contribution in [0.3, 0.4) is 0 Å². The molecule has 0 amide bonds. The van der Waals surface area contributed by atoms with Gasteiger partial charge in [-0.25, -0.2) is 0 Å². The average molecular weight is 245 g/mol. The van der Waals surface area contributed by atoms with Gasteiger partial charge in [-0.1, -0.05) is 26.0 Å². The summed E-state index contributed by atoms with van der Waals surface area (Å²) in [6, 6.07) is 7.44. The summed E-state index contributed by atoms with van der Waals surface area (Å²) in [6.07, 6.45) is 0.881. The normalized spacial score (nSPS) is 11.3. The molecule has 1 heterocycles. The number of methoxy groups -OCH3 is 1. The highest BCUT2D eigenvalue weighted by Gasteiger charge is 2.07. The predicted octanol–water partition coefficient (Wildman–Crippen LogP) is 2.87. The van der Waals surface area contributed by atoms with Crippen LogP contribution in [0.1, 0.15) is 25.1 Å². The van der Waals surface area contributed by atoms with E-state index in [4.69, 9.17) is 4.74 Å². The van der Waals surface area contributed by atoms with Crippen LogP contribution in [0.2, 0.25) is 0 Å². The fraction of sp³-hybridized carbons (Fsp3) is 0.400. The van der Waals surface area contributed by atoms with Crippen molar-refractivity contribution in [3.8, 4) is 0 Å². The topological polar surface area (TPSA) is 42.1 Å². The van der Waals surface area contributed by atoms with Gasteiger partial charge in [-0.15, -0.1) is 0 Å². The van der Waals surface area contributed by atoms with Gasteiger partial charge in [0.2, 0.25) is 0 Å². The van der Waals surface area contributed by atoms with E-state index < -0.39 is 0 Å². The van der Waals surface area contributed by atoms with E-state index in [0.29, 0.717) is 12.5 Å². The first-order valence-electron chi connectivity index (χ1n) is 6.24. The van der Waals surface area contributed by atoms with Gasteiger partial charge in [-0.3, -0.25) is 4.79 Å². The van der Waals surface area contributed by atoms with Gasteiger partial charge in [-0.2, -0.15) is 0 Å². The van der Waals surface area contributed by atoms with Gasteiger partial charge in [0, 0.05) is 29.8 Å². The average Bonchev–Trinajstić information content (AvgIpc) is 2.30. The van der Waals surface area contributed by atoms with Crippen molar-refractivity contribution in [1.29, 1.82) is 0 Å². The monoisotopic (exact) mass is 245 g/mol. The number of aromatic nitrogens is 1. The summed E-state index contributed by atoms with van der Waals surface area (Å²) in [6.45, 7) is 4.80. The van der Waals surface area contributed by atoms with Crippen LogP contribution < -0.4 is 5.43 Å². The molecule has 0 radical (unpaired) electrons. The zero-order chi connectivity index (χ0) is 13.1. The van der Waals surface area contributed by atoms with Crippen LogP contribution in [0.5, 0.6) is 0 Å². The minimum absolute atomic E-state index is 0.0809. The van der Waals surface area contributed by atoms with Gasteiger partial charge >= 0.3 is 0 Å². The number of nitrogens with one attached hydrogen (secondary N) is 1. The Bertz CT molecular complexity index is 599. The third kappa shape index (κ3) is 2.62. The molecule has 1 aromatic carbocycles. The second kappa shape index (κ2) is 5.36.